The van der Waals surface area contributed by atoms with E-state index in [1.165, 1.54) is 18.2 Å². The Balaban J connectivity index is 1.35. The van der Waals surface area contributed by atoms with E-state index in [0.717, 1.165) is 22.5 Å². The van der Waals surface area contributed by atoms with Crippen molar-refractivity contribution in [3.05, 3.63) is 83.0 Å². The molecule has 0 radical (unpaired) electrons. The third-order valence-corrected chi connectivity index (χ3v) is 4.49. The Labute approximate surface area is 148 Å². The number of hydrogen-bond donors (Lipinski definition) is 1. The molecule has 0 spiro atoms. The molecule has 3 nitrogen and oxygen atoms in total. The van der Waals surface area contributed by atoms with Crippen LogP contribution < -0.4 is 0 Å². The van der Waals surface area contributed by atoms with Gasteiger partial charge < -0.3 is 9.82 Å². The summed E-state index contributed by atoms with van der Waals surface area (Å²) < 4.78 is 39.7. The molecule has 3 aromatic rings. The standard InChI is InChI=1S/C20H17F3N2O/c21-15-2-4-20-17(11-15)14(12-24-20)5-7-25-8-6-16(26-25)9-13-1-3-18(22)19(23)10-13/h1-4,6,10-12,24H,5,7-9H2. The monoisotopic (exact) mass is 358 g/mol. The zero-order valence-electron chi connectivity index (χ0n) is 13.9. The van der Waals surface area contributed by atoms with Gasteiger partial charge in [0.25, 0.3) is 0 Å². The normalized spacial score (nSPS) is 14.7. The number of benzene rings is 2. The molecule has 0 fully saturated rings. The van der Waals surface area contributed by atoms with Crippen LogP contribution in [-0.4, -0.2) is 23.1 Å². The molecule has 0 unspecified atom stereocenters. The maximum atomic E-state index is 13.4. The van der Waals surface area contributed by atoms with E-state index in [1.54, 1.807) is 17.2 Å². The number of fused-ring (bicyclic) bond motifs is 1. The first kappa shape index (κ1) is 16.7. The maximum Gasteiger partial charge on any atom is 0.159 e. The number of hydroxylamine groups is 2. The third kappa shape index (κ3) is 3.46. The van der Waals surface area contributed by atoms with Crippen LogP contribution in [0.5, 0.6) is 0 Å². The lowest BCUT2D eigenvalue weighted by atomic mass is 10.1. The van der Waals surface area contributed by atoms with Crippen molar-refractivity contribution in [3.8, 4) is 0 Å². The number of rotatable bonds is 5. The molecular weight excluding hydrogens is 341 g/mol. The van der Waals surface area contributed by atoms with Gasteiger partial charge in [0, 0.05) is 30.1 Å². The van der Waals surface area contributed by atoms with Gasteiger partial charge in [-0.25, -0.2) is 13.2 Å². The minimum absolute atomic E-state index is 0.258. The van der Waals surface area contributed by atoms with Crippen LogP contribution in [0.25, 0.3) is 10.9 Å². The Morgan fingerprint density at radius 3 is 2.77 bits per heavy atom. The lowest BCUT2D eigenvalue weighted by Gasteiger charge is -2.16. The van der Waals surface area contributed by atoms with E-state index in [2.05, 4.69) is 4.98 Å². The second-order valence-electron chi connectivity index (χ2n) is 6.33. The molecular formula is C20H17F3N2O. The number of nitrogens with zero attached hydrogens (tertiary/aromatic N) is 1. The smallest absolute Gasteiger partial charge is 0.159 e. The molecule has 26 heavy (non-hydrogen) atoms. The number of hydrogen-bond acceptors (Lipinski definition) is 2. The van der Waals surface area contributed by atoms with Crippen molar-refractivity contribution in [3.63, 3.8) is 0 Å². The fourth-order valence-corrected chi connectivity index (χ4v) is 3.14. The molecule has 0 saturated heterocycles. The summed E-state index contributed by atoms with van der Waals surface area (Å²) in [4.78, 5) is 8.90. The summed E-state index contributed by atoms with van der Waals surface area (Å²) in [6.45, 7) is 1.26. The highest BCUT2D eigenvalue weighted by Gasteiger charge is 2.17. The molecule has 0 amide bonds. The number of aromatic amines is 1. The summed E-state index contributed by atoms with van der Waals surface area (Å²) in [5.41, 5.74) is 2.59. The van der Waals surface area contributed by atoms with Gasteiger partial charge in [-0.05, 0) is 54.0 Å². The van der Waals surface area contributed by atoms with Gasteiger partial charge in [0.15, 0.2) is 11.6 Å². The first-order valence-corrected chi connectivity index (χ1v) is 8.40. The molecule has 0 saturated carbocycles. The topological polar surface area (TPSA) is 28.3 Å². The largest absolute Gasteiger partial charge is 0.410 e. The van der Waals surface area contributed by atoms with E-state index in [-0.39, 0.29) is 5.82 Å². The van der Waals surface area contributed by atoms with Gasteiger partial charge in [-0.3, -0.25) is 0 Å². The van der Waals surface area contributed by atoms with Crippen molar-refractivity contribution in [2.24, 2.45) is 0 Å². The molecule has 0 bridgehead atoms. The molecule has 134 valence electrons. The second kappa shape index (κ2) is 6.88. The van der Waals surface area contributed by atoms with Gasteiger partial charge in [0.05, 0.1) is 6.54 Å². The third-order valence-electron chi connectivity index (χ3n) is 4.49. The Bertz CT molecular complexity index is 980. The van der Waals surface area contributed by atoms with Gasteiger partial charge in [0.2, 0.25) is 0 Å². The minimum atomic E-state index is -0.857. The van der Waals surface area contributed by atoms with Crippen molar-refractivity contribution in [2.45, 2.75) is 12.8 Å². The summed E-state index contributed by atoms with van der Waals surface area (Å²) >= 11 is 0. The van der Waals surface area contributed by atoms with Gasteiger partial charge >= 0.3 is 0 Å². The molecule has 1 aliphatic heterocycles. The first-order chi connectivity index (χ1) is 12.6. The Kier molecular flexibility index (Phi) is 4.42. The van der Waals surface area contributed by atoms with Crippen molar-refractivity contribution in [2.75, 3.05) is 13.1 Å². The van der Waals surface area contributed by atoms with E-state index >= 15 is 0 Å². The van der Waals surface area contributed by atoms with Crippen molar-refractivity contribution in [1.29, 1.82) is 0 Å². The number of aromatic nitrogens is 1. The fraction of sp³-hybridized carbons (Fsp3) is 0.200. The van der Waals surface area contributed by atoms with E-state index in [9.17, 15) is 13.2 Å². The zero-order chi connectivity index (χ0) is 18.1. The van der Waals surface area contributed by atoms with E-state index in [0.29, 0.717) is 37.3 Å². The Hall–Kier alpha value is -2.73. The molecule has 2 heterocycles. The van der Waals surface area contributed by atoms with Gasteiger partial charge in [-0.15, -0.1) is 5.06 Å². The van der Waals surface area contributed by atoms with Crippen LogP contribution in [0.15, 0.2) is 54.4 Å². The SMILES string of the molecule is Fc1ccc2[nH]cc(CCN3CC=C(Cc4ccc(F)c(F)c4)O3)c2c1. The van der Waals surface area contributed by atoms with Crippen LogP contribution >= 0.6 is 0 Å². The average Bonchev–Trinajstić information content (AvgIpc) is 3.23. The first-order valence-electron chi connectivity index (χ1n) is 8.40. The molecule has 1 N–H and O–H groups in total. The van der Waals surface area contributed by atoms with Gasteiger partial charge in [-0.1, -0.05) is 6.07 Å². The van der Waals surface area contributed by atoms with E-state index < -0.39 is 11.6 Å². The molecule has 0 aliphatic carbocycles. The van der Waals surface area contributed by atoms with Gasteiger partial charge in [-0.2, -0.15) is 0 Å². The van der Waals surface area contributed by atoms with Crippen LogP contribution in [0.4, 0.5) is 13.2 Å². The van der Waals surface area contributed by atoms with Crippen LogP contribution in [0.1, 0.15) is 11.1 Å². The lowest BCUT2D eigenvalue weighted by molar-refractivity contribution is -0.0914. The predicted octanol–water partition coefficient (Wildman–Crippen LogP) is 4.50. The van der Waals surface area contributed by atoms with Crippen LogP contribution in [0.2, 0.25) is 0 Å². The predicted molar refractivity (Wildman–Crippen MR) is 92.8 cm³/mol. The number of halogens is 3. The molecule has 0 atom stereocenters. The summed E-state index contributed by atoms with van der Waals surface area (Å²) in [6.07, 6.45) is 4.92. The van der Waals surface area contributed by atoms with Crippen molar-refractivity contribution in [1.82, 2.24) is 10.0 Å². The molecule has 4 rings (SSSR count). The van der Waals surface area contributed by atoms with E-state index in [1.807, 2.05) is 12.3 Å². The van der Waals surface area contributed by atoms with Crippen LogP contribution in [-0.2, 0) is 17.7 Å². The molecule has 6 heteroatoms. The van der Waals surface area contributed by atoms with Crippen LogP contribution in [0, 0.1) is 17.5 Å². The Morgan fingerprint density at radius 2 is 1.92 bits per heavy atom. The molecule has 1 aromatic heterocycles. The number of H-pyrrole nitrogens is 1. The maximum absolute atomic E-state index is 13.4. The van der Waals surface area contributed by atoms with E-state index in [4.69, 9.17) is 4.84 Å². The summed E-state index contributed by atoms with van der Waals surface area (Å²) in [5, 5.41) is 2.67. The quantitative estimate of drug-likeness (QED) is 0.727. The Morgan fingerprint density at radius 1 is 1.04 bits per heavy atom. The second-order valence-corrected chi connectivity index (χ2v) is 6.33. The highest BCUT2D eigenvalue weighted by Crippen LogP contribution is 2.22. The summed E-state index contributed by atoms with van der Waals surface area (Å²) in [5.74, 6) is -1.26. The summed E-state index contributed by atoms with van der Waals surface area (Å²) in [7, 11) is 0. The number of allylic oxidation sites excluding steroid dienone is 1. The highest BCUT2D eigenvalue weighted by molar-refractivity contribution is 5.83. The lowest BCUT2D eigenvalue weighted by Crippen LogP contribution is -2.22. The molecule has 2 aromatic carbocycles. The zero-order valence-corrected chi connectivity index (χ0v) is 13.9. The fourth-order valence-electron chi connectivity index (χ4n) is 3.14. The average molecular weight is 358 g/mol. The number of nitrogens with one attached hydrogen (secondary N) is 1. The minimum Gasteiger partial charge on any atom is -0.410 e. The molecule has 1 aliphatic rings. The van der Waals surface area contributed by atoms with Crippen molar-refractivity contribution >= 4 is 10.9 Å². The van der Waals surface area contributed by atoms with Crippen molar-refractivity contribution < 1.29 is 18.0 Å². The highest BCUT2D eigenvalue weighted by atomic mass is 19.2. The summed E-state index contributed by atoms with van der Waals surface area (Å²) in [6, 6.07) is 8.53. The van der Waals surface area contributed by atoms with Gasteiger partial charge in [0.1, 0.15) is 11.6 Å². The van der Waals surface area contributed by atoms with Crippen LogP contribution in [0.3, 0.4) is 0 Å².